The Kier molecular flexibility index (Phi) is 4.61. The first-order chi connectivity index (χ1) is 13.1. The Hall–Kier alpha value is -2.80. The average Bonchev–Trinajstić information content (AvgIpc) is 3.03. The van der Waals surface area contributed by atoms with Crippen molar-refractivity contribution in [2.24, 2.45) is 0 Å². The van der Waals surface area contributed by atoms with Crippen LogP contribution in [0.5, 0.6) is 5.75 Å². The first-order valence-corrected chi connectivity index (χ1v) is 9.17. The maximum atomic E-state index is 12.9. The van der Waals surface area contributed by atoms with Crippen LogP contribution in [0.1, 0.15) is 24.1 Å². The Balaban J connectivity index is 1.62. The van der Waals surface area contributed by atoms with Gasteiger partial charge in [0.05, 0.1) is 18.5 Å². The highest BCUT2D eigenvalue weighted by atomic mass is 35.5. The van der Waals surface area contributed by atoms with E-state index in [0.29, 0.717) is 22.0 Å². The number of nitrogens with one attached hydrogen (secondary N) is 1. The van der Waals surface area contributed by atoms with Crippen molar-refractivity contribution in [1.29, 1.82) is 0 Å². The lowest BCUT2D eigenvalue weighted by Gasteiger charge is -2.12. The molecular weight excluding hydrogens is 368 g/mol. The first-order valence-electron chi connectivity index (χ1n) is 8.80. The number of methoxy groups -OCH3 is 1. The number of carbonyl (C=O) groups is 1. The SMILES string of the molecule is COc1ccc(Cl)cc1NC(=O)Cn1ccn2nc3c(c2c1=O)CCCC3. The quantitative estimate of drug-likeness (QED) is 0.747. The number of ether oxygens (including phenoxy) is 1. The van der Waals surface area contributed by atoms with E-state index in [9.17, 15) is 9.59 Å². The summed E-state index contributed by atoms with van der Waals surface area (Å²) in [6, 6.07) is 4.96. The third-order valence-corrected chi connectivity index (χ3v) is 5.02. The van der Waals surface area contributed by atoms with Crippen LogP contribution in [-0.4, -0.2) is 27.2 Å². The van der Waals surface area contributed by atoms with E-state index in [2.05, 4.69) is 10.4 Å². The number of hydrogen-bond acceptors (Lipinski definition) is 4. The summed E-state index contributed by atoms with van der Waals surface area (Å²) in [4.78, 5) is 25.4. The van der Waals surface area contributed by atoms with Gasteiger partial charge in [-0.2, -0.15) is 5.10 Å². The minimum atomic E-state index is -0.338. The van der Waals surface area contributed by atoms with Gasteiger partial charge in [0, 0.05) is 23.0 Å². The summed E-state index contributed by atoms with van der Waals surface area (Å²) < 4.78 is 8.26. The molecule has 0 bridgehead atoms. The van der Waals surface area contributed by atoms with Gasteiger partial charge in [-0.15, -0.1) is 0 Å². The molecule has 0 unspecified atom stereocenters. The number of aryl methyl sites for hydroxylation is 2. The zero-order chi connectivity index (χ0) is 19.0. The van der Waals surface area contributed by atoms with E-state index in [1.54, 1.807) is 35.1 Å². The summed E-state index contributed by atoms with van der Waals surface area (Å²) in [6.07, 6.45) is 7.20. The summed E-state index contributed by atoms with van der Waals surface area (Å²) >= 11 is 5.99. The van der Waals surface area contributed by atoms with Gasteiger partial charge < -0.3 is 14.6 Å². The van der Waals surface area contributed by atoms with Crippen LogP contribution < -0.4 is 15.6 Å². The standard InChI is InChI=1S/C19H19ClN4O3/c1-27-16-7-6-12(20)10-15(16)21-17(25)11-23-8-9-24-18(19(23)26)13-4-2-3-5-14(13)22-24/h6-10H,2-5,11H2,1H3,(H,21,25). The van der Waals surface area contributed by atoms with Gasteiger partial charge >= 0.3 is 0 Å². The van der Waals surface area contributed by atoms with Crippen LogP contribution in [-0.2, 0) is 24.2 Å². The summed E-state index contributed by atoms with van der Waals surface area (Å²) in [5.74, 6) is 0.163. The van der Waals surface area contributed by atoms with Gasteiger partial charge in [-0.05, 0) is 43.9 Å². The van der Waals surface area contributed by atoms with E-state index < -0.39 is 0 Å². The number of hydrogen-bond donors (Lipinski definition) is 1. The van der Waals surface area contributed by atoms with E-state index in [4.69, 9.17) is 16.3 Å². The number of carbonyl (C=O) groups excluding carboxylic acids is 1. The topological polar surface area (TPSA) is 77.6 Å². The zero-order valence-corrected chi connectivity index (χ0v) is 15.6. The molecule has 1 amide bonds. The fourth-order valence-corrected chi connectivity index (χ4v) is 3.67. The number of anilines is 1. The third kappa shape index (κ3) is 3.30. The Morgan fingerprint density at radius 3 is 2.93 bits per heavy atom. The Morgan fingerprint density at radius 2 is 2.11 bits per heavy atom. The predicted molar refractivity (Wildman–Crippen MR) is 103 cm³/mol. The highest BCUT2D eigenvalue weighted by molar-refractivity contribution is 6.31. The molecule has 1 aliphatic carbocycles. The Bertz CT molecular complexity index is 1090. The van der Waals surface area contributed by atoms with Crippen molar-refractivity contribution in [3.8, 4) is 5.75 Å². The molecule has 0 saturated heterocycles. The molecule has 2 aromatic heterocycles. The molecule has 0 saturated carbocycles. The van der Waals surface area contributed by atoms with Crippen LogP contribution >= 0.6 is 11.6 Å². The lowest BCUT2D eigenvalue weighted by Crippen LogP contribution is -2.28. The van der Waals surface area contributed by atoms with Gasteiger partial charge in [0.2, 0.25) is 5.91 Å². The minimum absolute atomic E-state index is 0.106. The van der Waals surface area contributed by atoms with Crippen molar-refractivity contribution in [3.63, 3.8) is 0 Å². The maximum Gasteiger partial charge on any atom is 0.277 e. The normalized spacial score (nSPS) is 13.4. The van der Waals surface area contributed by atoms with E-state index >= 15 is 0 Å². The molecule has 0 fully saturated rings. The van der Waals surface area contributed by atoms with Crippen LogP contribution in [0, 0.1) is 0 Å². The molecule has 0 atom stereocenters. The van der Waals surface area contributed by atoms with E-state index in [-0.39, 0.29) is 18.0 Å². The zero-order valence-electron chi connectivity index (χ0n) is 14.9. The van der Waals surface area contributed by atoms with Crippen LogP contribution in [0.2, 0.25) is 5.02 Å². The second-order valence-corrected chi connectivity index (χ2v) is 6.99. The largest absolute Gasteiger partial charge is 0.495 e. The average molecular weight is 387 g/mol. The van der Waals surface area contributed by atoms with Crippen LogP contribution in [0.4, 0.5) is 5.69 Å². The molecule has 27 heavy (non-hydrogen) atoms. The fourth-order valence-electron chi connectivity index (χ4n) is 3.50. The molecule has 1 aromatic carbocycles. The second kappa shape index (κ2) is 7.08. The highest BCUT2D eigenvalue weighted by Gasteiger charge is 2.20. The van der Waals surface area contributed by atoms with Gasteiger partial charge in [-0.25, -0.2) is 4.52 Å². The third-order valence-electron chi connectivity index (χ3n) is 4.78. The molecule has 0 aliphatic heterocycles. The summed E-state index contributed by atoms with van der Waals surface area (Å²) in [7, 11) is 1.51. The van der Waals surface area contributed by atoms with Gasteiger partial charge in [0.1, 0.15) is 17.8 Å². The molecule has 1 aliphatic rings. The van der Waals surface area contributed by atoms with Crippen LogP contribution in [0.25, 0.3) is 5.52 Å². The smallest absolute Gasteiger partial charge is 0.277 e. The molecule has 2 heterocycles. The number of aromatic nitrogens is 3. The van der Waals surface area contributed by atoms with Gasteiger partial charge in [-0.3, -0.25) is 9.59 Å². The van der Waals surface area contributed by atoms with Crippen molar-refractivity contribution in [1.82, 2.24) is 14.2 Å². The van der Waals surface area contributed by atoms with Gasteiger partial charge in [-0.1, -0.05) is 11.6 Å². The van der Waals surface area contributed by atoms with E-state index in [0.717, 1.165) is 36.9 Å². The second-order valence-electron chi connectivity index (χ2n) is 6.55. The summed E-state index contributed by atoms with van der Waals surface area (Å²) in [5.41, 5.74) is 2.83. The number of halogens is 1. The lowest BCUT2D eigenvalue weighted by molar-refractivity contribution is -0.116. The number of benzene rings is 1. The van der Waals surface area contributed by atoms with Crippen molar-refractivity contribution in [2.45, 2.75) is 32.2 Å². The molecular formula is C19H19ClN4O3. The van der Waals surface area contributed by atoms with Gasteiger partial charge in [0.15, 0.2) is 0 Å². The summed E-state index contributed by atoms with van der Waals surface area (Å²) in [6.45, 7) is -0.106. The number of nitrogens with zero attached hydrogens (tertiary/aromatic N) is 3. The number of amides is 1. The van der Waals surface area contributed by atoms with E-state index in [1.165, 1.54) is 11.7 Å². The molecule has 140 valence electrons. The molecule has 0 spiro atoms. The number of rotatable bonds is 4. The molecule has 1 N–H and O–H groups in total. The monoisotopic (exact) mass is 386 g/mol. The van der Waals surface area contributed by atoms with Crippen molar-refractivity contribution >= 4 is 28.7 Å². The molecule has 7 nitrogen and oxygen atoms in total. The van der Waals surface area contributed by atoms with Crippen LogP contribution in [0.3, 0.4) is 0 Å². The van der Waals surface area contributed by atoms with Crippen molar-refractivity contribution in [2.75, 3.05) is 12.4 Å². The Morgan fingerprint density at radius 1 is 1.30 bits per heavy atom. The summed E-state index contributed by atoms with van der Waals surface area (Å²) in [5, 5.41) is 7.74. The predicted octanol–water partition coefficient (Wildman–Crippen LogP) is 2.68. The fraction of sp³-hybridized carbons (Fsp3) is 0.316. The highest BCUT2D eigenvalue weighted by Crippen LogP contribution is 2.27. The van der Waals surface area contributed by atoms with Crippen molar-refractivity contribution in [3.05, 3.63) is 57.2 Å². The Labute approximate surface area is 160 Å². The van der Waals surface area contributed by atoms with Crippen molar-refractivity contribution < 1.29 is 9.53 Å². The maximum absolute atomic E-state index is 12.9. The van der Waals surface area contributed by atoms with Crippen LogP contribution in [0.15, 0.2) is 35.4 Å². The molecule has 4 rings (SSSR count). The van der Waals surface area contributed by atoms with Gasteiger partial charge in [0.25, 0.3) is 5.56 Å². The number of fused-ring (bicyclic) bond motifs is 3. The molecule has 0 radical (unpaired) electrons. The molecule has 8 heteroatoms. The first kappa shape index (κ1) is 17.6. The van der Waals surface area contributed by atoms with E-state index in [1.807, 2.05) is 0 Å². The minimum Gasteiger partial charge on any atom is -0.495 e. The molecule has 3 aromatic rings. The lowest BCUT2D eigenvalue weighted by atomic mass is 9.97.